The largest absolute Gasteiger partial charge is 0.493 e. The molecular weight excluding hydrogens is 348 g/mol. The summed E-state index contributed by atoms with van der Waals surface area (Å²) in [6, 6.07) is 11.2. The van der Waals surface area contributed by atoms with Crippen LogP contribution in [0, 0.1) is 0 Å². The van der Waals surface area contributed by atoms with Gasteiger partial charge in [-0.25, -0.2) is 0 Å². The molecule has 0 unspecified atom stereocenters. The minimum atomic E-state index is -0.510. The molecule has 0 aromatic heterocycles. The molecule has 0 saturated heterocycles. The molecular formula is C17H17ClN2O5. The van der Waals surface area contributed by atoms with Crippen LogP contribution in [0.2, 0.25) is 5.02 Å². The molecule has 2 aromatic rings. The summed E-state index contributed by atoms with van der Waals surface area (Å²) in [5.41, 5.74) is 4.87. The average Bonchev–Trinajstić information content (AvgIpc) is 2.64. The highest BCUT2D eigenvalue weighted by molar-refractivity contribution is 6.30. The SMILES string of the molecule is COc1ccc(C(=O)NNC(=O)COc2ccc(Cl)cc2)cc1OC. The summed E-state index contributed by atoms with van der Waals surface area (Å²) >= 11 is 5.76. The van der Waals surface area contributed by atoms with Crippen molar-refractivity contribution >= 4 is 23.4 Å². The fraction of sp³-hybridized carbons (Fsp3) is 0.176. The second kappa shape index (κ2) is 8.79. The zero-order valence-electron chi connectivity index (χ0n) is 13.7. The van der Waals surface area contributed by atoms with Crippen LogP contribution in [-0.4, -0.2) is 32.6 Å². The first-order valence-corrected chi connectivity index (χ1v) is 7.61. The summed E-state index contributed by atoms with van der Waals surface area (Å²) in [5, 5.41) is 0.569. The van der Waals surface area contributed by atoms with Gasteiger partial charge in [-0.3, -0.25) is 20.4 Å². The maximum absolute atomic E-state index is 12.1. The van der Waals surface area contributed by atoms with E-state index in [1.54, 1.807) is 36.4 Å². The Labute approximate surface area is 149 Å². The zero-order valence-corrected chi connectivity index (χ0v) is 14.4. The molecule has 2 N–H and O–H groups in total. The molecule has 2 amide bonds. The third kappa shape index (κ3) is 5.29. The first-order valence-electron chi connectivity index (χ1n) is 7.23. The number of nitrogens with one attached hydrogen (secondary N) is 2. The number of rotatable bonds is 6. The number of carbonyl (C=O) groups excluding carboxylic acids is 2. The van der Waals surface area contributed by atoms with E-state index in [9.17, 15) is 9.59 Å². The van der Waals surface area contributed by atoms with Crippen molar-refractivity contribution in [3.05, 3.63) is 53.1 Å². The quantitative estimate of drug-likeness (QED) is 0.767. The molecule has 0 aliphatic carbocycles. The van der Waals surface area contributed by atoms with Crippen molar-refractivity contribution in [1.29, 1.82) is 0 Å². The third-order valence-electron chi connectivity index (χ3n) is 3.14. The van der Waals surface area contributed by atoms with Crippen LogP contribution in [0.25, 0.3) is 0 Å². The van der Waals surface area contributed by atoms with E-state index in [4.69, 9.17) is 25.8 Å². The molecule has 132 valence electrons. The molecule has 25 heavy (non-hydrogen) atoms. The van der Waals surface area contributed by atoms with Gasteiger partial charge in [0.15, 0.2) is 18.1 Å². The first-order chi connectivity index (χ1) is 12.0. The molecule has 0 atom stereocenters. The molecule has 2 rings (SSSR count). The lowest BCUT2D eigenvalue weighted by Gasteiger charge is -2.11. The van der Waals surface area contributed by atoms with Crippen molar-refractivity contribution < 1.29 is 23.8 Å². The molecule has 0 heterocycles. The van der Waals surface area contributed by atoms with Crippen LogP contribution in [-0.2, 0) is 4.79 Å². The number of hydrogen-bond acceptors (Lipinski definition) is 5. The lowest BCUT2D eigenvalue weighted by molar-refractivity contribution is -0.123. The van der Waals surface area contributed by atoms with Gasteiger partial charge < -0.3 is 14.2 Å². The van der Waals surface area contributed by atoms with E-state index in [1.165, 1.54) is 20.3 Å². The highest BCUT2D eigenvalue weighted by Gasteiger charge is 2.11. The van der Waals surface area contributed by atoms with Crippen molar-refractivity contribution in [2.75, 3.05) is 20.8 Å². The lowest BCUT2D eigenvalue weighted by Crippen LogP contribution is -2.43. The van der Waals surface area contributed by atoms with E-state index in [0.717, 1.165) is 0 Å². The second-order valence-electron chi connectivity index (χ2n) is 4.81. The number of ether oxygens (including phenoxy) is 3. The van der Waals surface area contributed by atoms with E-state index < -0.39 is 11.8 Å². The average molecular weight is 365 g/mol. The maximum atomic E-state index is 12.1. The normalized spacial score (nSPS) is 9.88. The monoisotopic (exact) mass is 364 g/mol. The van der Waals surface area contributed by atoms with Crippen molar-refractivity contribution in [1.82, 2.24) is 10.9 Å². The van der Waals surface area contributed by atoms with Crippen LogP contribution in [0.4, 0.5) is 0 Å². The summed E-state index contributed by atoms with van der Waals surface area (Å²) in [5.74, 6) is 0.391. The van der Waals surface area contributed by atoms with Crippen molar-refractivity contribution in [2.24, 2.45) is 0 Å². The molecule has 0 aliphatic rings. The predicted octanol–water partition coefficient (Wildman–Crippen LogP) is 2.20. The van der Waals surface area contributed by atoms with Crippen LogP contribution in [0.15, 0.2) is 42.5 Å². The summed E-state index contributed by atoms with van der Waals surface area (Å²) in [7, 11) is 2.97. The van der Waals surface area contributed by atoms with Crippen molar-refractivity contribution in [3.63, 3.8) is 0 Å². The highest BCUT2D eigenvalue weighted by Crippen LogP contribution is 2.27. The summed E-state index contributed by atoms with van der Waals surface area (Å²) in [6.45, 7) is -0.256. The van der Waals surface area contributed by atoms with Crippen LogP contribution < -0.4 is 25.1 Å². The molecule has 0 spiro atoms. The number of carbonyl (C=O) groups is 2. The molecule has 0 aliphatic heterocycles. The highest BCUT2D eigenvalue weighted by atomic mass is 35.5. The fourth-order valence-electron chi connectivity index (χ4n) is 1.89. The van der Waals surface area contributed by atoms with Crippen LogP contribution in [0.1, 0.15) is 10.4 Å². The van der Waals surface area contributed by atoms with Gasteiger partial charge >= 0.3 is 0 Å². The summed E-state index contributed by atoms with van der Waals surface area (Å²) in [6.07, 6.45) is 0. The zero-order chi connectivity index (χ0) is 18.2. The van der Waals surface area contributed by atoms with Gasteiger partial charge in [-0.2, -0.15) is 0 Å². The van der Waals surface area contributed by atoms with Crippen LogP contribution in [0.3, 0.4) is 0 Å². The smallest absolute Gasteiger partial charge is 0.276 e. The Kier molecular flexibility index (Phi) is 6.47. The Balaban J connectivity index is 1.84. The van der Waals surface area contributed by atoms with Crippen LogP contribution >= 0.6 is 11.6 Å². The molecule has 0 bridgehead atoms. The number of amides is 2. The van der Waals surface area contributed by atoms with Gasteiger partial charge in [-0.1, -0.05) is 11.6 Å². The topological polar surface area (TPSA) is 85.9 Å². The molecule has 0 fully saturated rings. The van der Waals surface area contributed by atoms with Gasteiger partial charge in [0.05, 0.1) is 14.2 Å². The van der Waals surface area contributed by atoms with Gasteiger partial charge in [-0.15, -0.1) is 0 Å². The number of benzene rings is 2. The third-order valence-corrected chi connectivity index (χ3v) is 3.40. The van der Waals surface area contributed by atoms with Crippen LogP contribution in [0.5, 0.6) is 17.2 Å². The first kappa shape index (κ1) is 18.4. The van der Waals surface area contributed by atoms with Gasteiger partial charge in [0.2, 0.25) is 0 Å². The van der Waals surface area contributed by atoms with Gasteiger partial charge in [0, 0.05) is 10.6 Å². The fourth-order valence-corrected chi connectivity index (χ4v) is 2.02. The Morgan fingerprint density at radius 3 is 2.28 bits per heavy atom. The molecule has 0 saturated carbocycles. The second-order valence-corrected chi connectivity index (χ2v) is 5.25. The minimum Gasteiger partial charge on any atom is -0.493 e. The summed E-state index contributed by atoms with van der Waals surface area (Å²) in [4.78, 5) is 23.8. The van der Waals surface area contributed by atoms with E-state index in [-0.39, 0.29) is 6.61 Å². The minimum absolute atomic E-state index is 0.256. The van der Waals surface area contributed by atoms with E-state index in [1.807, 2.05) is 0 Å². The number of halogens is 1. The van der Waals surface area contributed by atoms with Crippen molar-refractivity contribution in [2.45, 2.75) is 0 Å². The standard InChI is InChI=1S/C17H17ClN2O5/c1-23-14-8-3-11(9-15(14)24-2)17(22)20-19-16(21)10-25-13-6-4-12(18)5-7-13/h3-9H,10H2,1-2H3,(H,19,21)(H,20,22). The Hall–Kier alpha value is -2.93. The van der Waals surface area contributed by atoms with E-state index in [0.29, 0.717) is 27.8 Å². The maximum Gasteiger partial charge on any atom is 0.276 e. The lowest BCUT2D eigenvalue weighted by atomic mass is 10.2. The van der Waals surface area contributed by atoms with Crippen molar-refractivity contribution in [3.8, 4) is 17.2 Å². The van der Waals surface area contributed by atoms with Gasteiger partial charge in [0.25, 0.3) is 11.8 Å². The molecule has 2 aromatic carbocycles. The van der Waals surface area contributed by atoms with E-state index >= 15 is 0 Å². The van der Waals surface area contributed by atoms with Gasteiger partial charge in [0.1, 0.15) is 5.75 Å². The Morgan fingerprint density at radius 1 is 0.960 bits per heavy atom. The molecule has 0 radical (unpaired) electrons. The number of hydrazine groups is 1. The van der Waals surface area contributed by atoms with Gasteiger partial charge in [-0.05, 0) is 42.5 Å². The predicted molar refractivity (Wildman–Crippen MR) is 92.1 cm³/mol. The number of methoxy groups -OCH3 is 2. The molecule has 7 nitrogen and oxygen atoms in total. The molecule has 8 heteroatoms. The Bertz CT molecular complexity index is 749. The summed E-state index contributed by atoms with van der Waals surface area (Å²) < 4.78 is 15.5. The Morgan fingerprint density at radius 2 is 1.64 bits per heavy atom. The number of hydrogen-bond donors (Lipinski definition) is 2. The van der Waals surface area contributed by atoms with E-state index in [2.05, 4.69) is 10.9 Å².